The Kier molecular flexibility index (Phi) is 4.32. The lowest BCUT2D eigenvalue weighted by molar-refractivity contribution is 0.0898. The zero-order valence-electron chi connectivity index (χ0n) is 12.8. The summed E-state index contributed by atoms with van der Waals surface area (Å²) in [6.45, 7) is 4.06. The van der Waals surface area contributed by atoms with E-state index in [0.29, 0.717) is 5.92 Å². The number of rotatable bonds is 3. The molecule has 1 aliphatic heterocycles. The largest absolute Gasteiger partial charge is 0.384 e. The molecule has 21 heavy (non-hydrogen) atoms. The van der Waals surface area contributed by atoms with E-state index in [4.69, 9.17) is 5.73 Å². The van der Waals surface area contributed by atoms with E-state index in [1.54, 1.807) is 0 Å². The van der Waals surface area contributed by atoms with Crippen molar-refractivity contribution >= 4 is 11.6 Å². The highest BCUT2D eigenvalue weighted by Gasteiger charge is 2.24. The van der Waals surface area contributed by atoms with E-state index >= 15 is 0 Å². The van der Waals surface area contributed by atoms with Gasteiger partial charge in [-0.05, 0) is 31.8 Å². The van der Waals surface area contributed by atoms with Crippen molar-refractivity contribution in [2.45, 2.75) is 19.8 Å². The second-order valence-corrected chi connectivity index (χ2v) is 5.85. The van der Waals surface area contributed by atoms with Crippen molar-refractivity contribution in [3.8, 4) is 0 Å². The van der Waals surface area contributed by atoms with Gasteiger partial charge in [-0.25, -0.2) is 4.79 Å². The average Bonchev–Trinajstić information content (AvgIpc) is 2.46. The van der Waals surface area contributed by atoms with Crippen molar-refractivity contribution in [3.63, 3.8) is 0 Å². The second-order valence-electron chi connectivity index (χ2n) is 5.85. The number of likely N-dealkylation sites (tertiary alicyclic amines) is 1. The van der Waals surface area contributed by atoms with E-state index in [-0.39, 0.29) is 23.7 Å². The van der Waals surface area contributed by atoms with Crippen LogP contribution >= 0.6 is 0 Å². The smallest absolute Gasteiger partial charge is 0.332 e. The van der Waals surface area contributed by atoms with Crippen LogP contribution in [0.25, 0.3) is 0 Å². The minimum atomic E-state index is -0.619. The maximum Gasteiger partial charge on any atom is 0.332 e. The first-order valence-corrected chi connectivity index (χ1v) is 7.14. The topological polar surface area (TPSA) is 90.3 Å². The molecule has 0 atom stereocenters. The molecular formula is C14H22N4O3. The lowest BCUT2D eigenvalue weighted by Crippen LogP contribution is -2.44. The van der Waals surface area contributed by atoms with Crippen LogP contribution in [0.4, 0.5) is 5.82 Å². The van der Waals surface area contributed by atoms with Gasteiger partial charge in [0.2, 0.25) is 0 Å². The van der Waals surface area contributed by atoms with E-state index in [1.807, 2.05) is 4.90 Å². The SMILES string of the molecule is CC1CCN(CC(=O)c2c(N)n(C)c(=O)n(C)c2=O)CC1. The lowest BCUT2D eigenvalue weighted by Gasteiger charge is -2.29. The number of nitrogens with two attached hydrogens (primary N) is 1. The Morgan fingerprint density at radius 1 is 1.19 bits per heavy atom. The number of nitrogen functional groups attached to an aromatic ring is 1. The quantitative estimate of drug-likeness (QED) is 0.765. The fourth-order valence-corrected chi connectivity index (χ4v) is 2.62. The van der Waals surface area contributed by atoms with Crippen molar-refractivity contribution in [1.29, 1.82) is 0 Å². The van der Waals surface area contributed by atoms with Crippen molar-refractivity contribution in [2.75, 3.05) is 25.4 Å². The standard InChI is InChI=1S/C14H22N4O3/c1-9-4-6-18(7-5-9)8-10(19)11-12(15)16(2)14(21)17(3)13(11)20/h9H,4-8,15H2,1-3H3. The summed E-state index contributed by atoms with van der Waals surface area (Å²) in [6.07, 6.45) is 2.10. The minimum absolute atomic E-state index is 0.0570. The number of aromatic nitrogens is 2. The number of carbonyl (C=O) groups is 1. The Balaban J connectivity index is 2.28. The maximum absolute atomic E-state index is 12.4. The zero-order chi connectivity index (χ0) is 15.7. The first kappa shape index (κ1) is 15.5. The van der Waals surface area contributed by atoms with Crippen molar-refractivity contribution in [3.05, 3.63) is 26.4 Å². The van der Waals surface area contributed by atoms with Gasteiger partial charge in [0.25, 0.3) is 5.56 Å². The number of anilines is 1. The first-order chi connectivity index (χ1) is 9.82. The molecule has 7 heteroatoms. The monoisotopic (exact) mass is 294 g/mol. The predicted molar refractivity (Wildman–Crippen MR) is 80.5 cm³/mol. The summed E-state index contributed by atoms with van der Waals surface area (Å²) in [6, 6.07) is 0. The number of hydrogen-bond donors (Lipinski definition) is 1. The van der Waals surface area contributed by atoms with Crippen molar-refractivity contribution in [1.82, 2.24) is 14.0 Å². The van der Waals surface area contributed by atoms with Crippen LogP contribution in [-0.2, 0) is 14.1 Å². The Labute approximate surface area is 123 Å². The number of nitrogens with zero attached hydrogens (tertiary/aromatic N) is 3. The molecular weight excluding hydrogens is 272 g/mol. The number of piperidine rings is 1. The molecule has 7 nitrogen and oxygen atoms in total. The van der Waals surface area contributed by atoms with Crippen LogP contribution in [-0.4, -0.2) is 39.5 Å². The number of ketones is 1. The molecule has 0 radical (unpaired) electrons. The van der Waals surface area contributed by atoms with Gasteiger partial charge in [0.1, 0.15) is 11.4 Å². The van der Waals surface area contributed by atoms with Crippen LogP contribution < -0.4 is 17.0 Å². The summed E-state index contributed by atoms with van der Waals surface area (Å²) >= 11 is 0. The van der Waals surface area contributed by atoms with E-state index < -0.39 is 11.2 Å². The summed E-state index contributed by atoms with van der Waals surface area (Å²) in [5, 5.41) is 0. The number of carbonyl (C=O) groups excluding carboxylic acids is 1. The lowest BCUT2D eigenvalue weighted by atomic mass is 9.99. The molecule has 1 aromatic heterocycles. The fraction of sp³-hybridized carbons (Fsp3) is 0.643. The van der Waals surface area contributed by atoms with Gasteiger partial charge in [0.15, 0.2) is 5.78 Å². The average molecular weight is 294 g/mol. The van der Waals surface area contributed by atoms with E-state index in [2.05, 4.69) is 6.92 Å². The van der Waals surface area contributed by atoms with Gasteiger partial charge in [-0.15, -0.1) is 0 Å². The third kappa shape index (κ3) is 2.92. The van der Waals surface area contributed by atoms with Crippen molar-refractivity contribution < 1.29 is 4.79 Å². The molecule has 1 fully saturated rings. The highest BCUT2D eigenvalue weighted by molar-refractivity contribution is 6.01. The molecule has 0 spiro atoms. The van der Waals surface area contributed by atoms with Gasteiger partial charge in [0.05, 0.1) is 6.54 Å². The van der Waals surface area contributed by atoms with Gasteiger partial charge in [-0.2, -0.15) is 0 Å². The Morgan fingerprint density at radius 3 is 2.33 bits per heavy atom. The molecule has 0 amide bonds. The molecule has 1 aliphatic rings. The van der Waals surface area contributed by atoms with Crippen LogP contribution in [0.5, 0.6) is 0 Å². The van der Waals surface area contributed by atoms with Crippen LogP contribution in [0, 0.1) is 5.92 Å². The third-order valence-corrected chi connectivity index (χ3v) is 4.23. The zero-order valence-corrected chi connectivity index (χ0v) is 12.8. The predicted octanol–water partition coefficient (Wildman–Crippen LogP) is -0.419. The summed E-state index contributed by atoms with van der Waals surface area (Å²) in [5.74, 6) is 0.295. The normalized spacial score (nSPS) is 17.1. The Morgan fingerprint density at radius 2 is 1.76 bits per heavy atom. The van der Waals surface area contributed by atoms with Crippen LogP contribution in [0.2, 0.25) is 0 Å². The minimum Gasteiger partial charge on any atom is -0.384 e. The molecule has 116 valence electrons. The summed E-state index contributed by atoms with van der Waals surface area (Å²) in [4.78, 5) is 38.3. The molecule has 2 heterocycles. The highest BCUT2D eigenvalue weighted by atomic mass is 16.2. The molecule has 2 N–H and O–H groups in total. The summed E-state index contributed by atoms with van der Waals surface area (Å²) in [5.41, 5.74) is 4.56. The first-order valence-electron chi connectivity index (χ1n) is 7.14. The maximum atomic E-state index is 12.4. The van der Waals surface area contributed by atoms with E-state index in [1.165, 1.54) is 14.1 Å². The summed E-state index contributed by atoms with van der Waals surface area (Å²) in [7, 11) is 2.81. The fourth-order valence-electron chi connectivity index (χ4n) is 2.62. The van der Waals surface area contributed by atoms with Crippen molar-refractivity contribution in [2.24, 2.45) is 20.0 Å². The van der Waals surface area contributed by atoms with Crippen LogP contribution in [0.1, 0.15) is 30.1 Å². The number of hydrogen-bond acceptors (Lipinski definition) is 5. The molecule has 1 aromatic rings. The summed E-state index contributed by atoms with van der Waals surface area (Å²) < 4.78 is 2.05. The molecule has 0 saturated carbocycles. The van der Waals surface area contributed by atoms with Gasteiger partial charge in [-0.1, -0.05) is 6.92 Å². The second kappa shape index (κ2) is 5.85. The van der Waals surface area contributed by atoms with E-state index in [0.717, 1.165) is 35.1 Å². The number of Topliss-reactive ketones (excluding diaryl/α,β-unsaturated/α-hetero) is 1. The molecule has 0 aliphatic carbocycles. The third-order valence-electron chi connectivity index (χ3n) is 4.23. The van der Waals surface area contributed by atoms with Gasteiger partial charge < -0.3 is 5.73 Å². The Hall–Kier alpha value is -1.89. The van der Waals surface area contributed by atoms with Crippen LogP contribution in [0.3, 0.4) is 0 Å². The van der Waals surface area contributed by atoms with Gasteiger partial charge in [-0.3, -0.25) is 23.6 Å². The Bertz CT molecular complexity index is 666. The van der Waals surface area contributed by atoms with Gasteiger partial charge in [0, 0.05) is 14.1 Å². The molecule has 0 unspecified atom stereocenters. The molecule has 0 aromatic carbocycles. The molecule has 2 rings (SSSR count). The van der Waals surface area contributed by atoms with Crippen LogP contribution in [0.15, 0.2) is 9.59 Å². The highest BCUT2D eigenvalue weighted by Crippen LogP contribution is 2.16. The van der Waals surface area contributed by atoms with Gasteiger partial charge >= 0.3 is 5.69 Å². The molecule has 0 bridgehead atoms. The van der Waals surface area contributed by atoms with E-state index in [9.17, 15) is 14.4 Å². The molecule has 1 saturated heterocycles.